The Balaban J connectivity index is 1.80. The molecule has 5 heteroatoms. The number of hydrogen-bond donors (Lipinski definition) is 2. The Morgan fingerprint density at radius 1 is 1.24 bits per heavy atom. The van der Waals surface area contributed by atoms with E-state index in [1.54, 1.807) is 7.11 Å². The number of carbonyl (C=O) groups excluding carboxylic acids is 1. The van der Waals surface area contributed by atoms with Crippen LogP contribution in [0.5, 0.6) is 11.5 Å². The first-order valence-corrected chi connectivity index (χ1v) is 9.02. The molecule has 0 atom stereocenters. The monoisotopic (exact) mass is 346 g/mol. The van der Waals surface area contributed by atoms with Crippen LogP contribution in [0.15, 0.2) is 30.4 Å². The van der Waals surface area contributed by atoms with E-state index in [-0.39, 0.29) is 5.91 Å². The molecule has 0 saturated heterocycles. The fourth-order valence-electron chi connectivity index (χ4n) is 2.99. The van der Waals surface area contributed by atoms with E-state index in [0.29, 0.717) is 37.2 Å². The number of benzene rings is 1. The van der Waals surface area contributed by atoms with Gasteiger partial charge in [0, 0.05) is 12.6 Å². The Morgan fingerprint density at radius 3 is 2.68 bits per heavy atom. The first-order chi connectivity index (χ1) is 12.1. The summed E-state index contributed by atoms with van der Waals surface area (Å²) in [7, 11) is 1.62. The molecule has 0 aliphatic heterocycles. The second-order valence-electron chi connectivity index (χ2n) is 6.74. The smallest absolute Gasteiger partial charge is 0.234 e. The average Bonchev–Trinajstić information content (AvgIpc) is 2.61. The predicted octanol–water partition coefficient (Wildman–Crippen LogP) is 3.19. The molecule has 2 N–H and O–H groups in total. The third-order valence-corrected chi connectivity index (χ3v) is 4.29. The molecule has 1 aromatic rings. The largest absolute Gasteiger partial charge is 0.493 e. The van der Waals surface area contributed by atoms with Gasteiger partial charge < -0.3 is 20.1 Å². The Morgan fingerprint density at radius 2 is 2.00 bits per heavy atom. The lowest BCUT2D eigenvalue weighted by atomic mass is 9.95. The Kier molecular flexibility index (Phi) is 7.79. The van der Waals surface area contributed by atoms with Gasteiger partial charge in [-0.3, -0.25) is 4.79 Å². The molecule has 0 unspecified atom stereocenters. The van der Waals surface area contributed by atoms with Gasteiger partial charge in [-0.25, -0.2) is 0 Å². The third kappa shape index (κ3) is 6.78. The van der Waals surface area contributed by atoms with Crippen molar-refractivity contribution in [3.63, 3.8) is 0 Å². The summed E-state index contributed by atoms with van der Waals surface area (Å²) >= 11 is 0. The normalized spacial score (nSPS) is 14.8. The maximum atomic E-state index is 12.0. The van der Waals surface area contributed by atoms with Gasteiger partial charge in [0.15, 0.2) is 11.5 Å². The second kappa shape index (κ2) is 10.1. The Hall–Kier alpha value is -2.01. The van der Waals surface area contributed by atoms with E-state index in [1.807, 2.05) is 25.1 Å². The molecule has 1 aliphatic carbocycles. The van der Waals surface area contributed by atoms with Crippen LogP contribution in [0.4, 0.5) is 0 Å². The zero-order valence-electron chi connectivity index (χ0n) is 15.4. The summed E-state index contributed by atoms with van der Waals surface area (Å²) in [6, 6.07) is 6.14. The van der Waals surface area contributed by atoms with Crippen LogP contribution in [0.25, 0.3) is 0 Å². The molecule has 0 aromatic heterocycles. The standard InChI is InChI=1S/C20H30N2O3/c1-15(2)14-25-19-11-16(9-10-18(19)24-3)12-21-13-20(23)22-17-7-5-4-6-8-17/h9-11,17,21H,1,4-8,12-14H2,2-3H3,(H,22,23). The zero-order chi connectivity index (χ0) is 18.1. The van der Waals surface area contributed by atoms with Gasteiger partial charge in [0.05, 0.1) is 13.7 Å². The lowest BCUT2D eigenvalue weighted by Gasteiger charge is -2.22. The number of ether oxygens (including phenoxy) is 2. The Bertz CT molecular complexity index is 580. The molecule has 2 rings (SSSR count). The molecule has 0 bridgehead atoms. The van der Waals surface area contributed by atoms with Gasteiger partial charge in [-0.05, 0) is 43.0 Å². The van der Waals surface area contributed by atoms with Crippen LogP contribution in [0.1, 0.15) is 44.6 Å². The number of hydrogen-bond acceptors (Lipinski definition) is 4. The highest BCUT2D eigenvalue weighted by Crippen LogP contribution is 2.28. The van der Waals surface area contributed by atoms with Gasteiger partial charge in [-0.1, -0.05) is 31.9 Å². The lowest BCUT2D eigenvalue weighted by molar-refractivity contribution is -0.121. The summed E-state index contributed by atoms with van der Waals surface area (Å²) in [5, 5.41) is 6.31. The molecular weight excluding hydrogens is 316 g/mol. The van der Waals surface area contributed by atoms with Gasteiger partial charge in [-0.15, -0.1) is 0 Å². The van der Waals surface area contributed by atoms with E-state index in [0.717, 1.165) is 24.0 Å². The summed E-state index contributed by atoms with van der Waals surface area (Å²) in [5.41, 5.74) is 1.99. The van der Waals surface area contributed by atoms with Crippen LogP contribution < -0.4 is 20.1 Å². The van der Waals surface area contributed by atoms with E-state index in [9.17, 15) is 4.79 Å². The highest BCUT2D eigenvalue weighted by atomic mass is 16.5. The highest BCUT2D eigenvalue weighted by Gasteiger charge is 2.15. The predicted molar refractivity (Wildman–Crippen MR) is 100 cm³/mol. The average molecular weight is 346 g/mol. The van der Waals surface area contributed by atoms with Crippen LogP contribution in [0, 0.1) is 0 Å². The van der Waals surface area contributed by atoms with Gasteiger partial charge in [0.25, 0.3) is 0 Å². The third-order valence-electron chi connectivity index (χ3n) is 4.29. The van der Waals surface area contributed by atoms with Crippen LogP contribution in [-0.4, -0.2) is 32.2 Å². The zero-order valence-corrected chi connectivity index (χ0v) is 15.4. The van der Waals surface area contributed by atoms with Crippen molar-refractivity contribution in [1.82, 2.24) is 10.6 Å². The minimum atomic E-state index is 0.0687. The summed E-state index contributed by atoms with van der Waals surface area (Å²) < 4.78 is 11.0. The summed E-state index contributed by atoms with van der Waals surface area (Å²) in [6.07, 6.45) is 5.94. The van der Waals surface area contributed by atoms with Gasteiger partial charge in [0.1, 0.15) is 6.61 Å². The van der Waals surface area contributed by atoms with Crippen molar-refractivity contribution in [2.75, 3.05) is 20.3 Å². The second-order valence-corrected chi connectivity index (χ2v) is 6.74. The van der Waals surface area contributed by atoms with Crippen LogP contribution in [-0.2, 0) is 11.3 Å². The number of methoxy groups -OCH3 is 1. The van der Waals surface area contributed by atoms with E-state index >= 15 is 0 Å². The lowest BCUT2D eigenvalue weighted by Crippen LogP contribution is -2.41. The molecule has 0 radical (unpaired) electrons. The molecule has 0 spiro atoms. The minimum Gasteiger partial charge on any atom is -0.493 e. The van der Waals surface area contributed by atoms with E-state index in [4.69, 9.17) is 9.47 Å². The molecular formula is C20H30N2O3. The summed E-state index contributed by atoms with van der Waals surface area (Å²) in [4.78, 5) is 12.0. The quantitative estimate of drug-likeness (QED) is 0.674. The van der Waals surface area contributed by atoms with Crippen LogP contribution in [0.3, 0.4) is 0 Å². The Labute approximate surface area is 150 Å². The first kappa shape index (κ1) is 19.3. The summed E-state index contributed by atoms with van der Waals surface area (Å²) in [6.45, 7) is 7.14. The van der Waals surface area contributed by atoms with Crippen molar-refractivity contribution in [1.29, 1.82) is 0 Å². The fourth-order valence-corrected chi connectivity index (χ4v) is 2.99. The maximum absolute atomic E-state index is 12.0. The molecule has 1 amide bonds. The maximum Gasteiger partial charge on any atom is 0.234 e. The number of amides is 1. The van der Waals surface area contributed by atoms with Crippen molar-refractivity contribution >= 4 is 5.91 Å². The van der Waals surface area contributed by atoms with Crippen molar-refractivity contribution < 1.29 is 14.3 Å². The molecule has 1 fully saturated rings. The molecule has 1 saturated carbocycles. The fraction of sp³-hybridized carbons (Fsp3) is 0.550. The molecule has 138 valence electrons. The molecule has 1 aromatic carbocycles. The number of nitrogens with one attached hydrogen (secondary N) is 2. The van der Waals surface area contributed by atoms with Crippen LogP contribution in [0.2, 0.25) is 0 Å². The van der Waals surface area contributed by atoms with Crippen molar-refractivity contribution in [2.24, 2.45) is 0 Å². The molecule has 0 heterocycles. The SMILES string of the molecule is C=C(C)COc1cc(CNCC(=O)NC2CCCCC2)ccc1OC. The van der Waals surface area contributed by atoms with Gasteiger partial charge >= 0.3 is 0 Å². The van der Waals surface area contributed by atoms with Crippen molar-refractivity contribution in [3.05, 3.63) is 35.9 Å². The molecule has 5 nitrogen and oxygen atoms in total. The highest BCUT2D eigenvalue weighted by molar-refractivity contribution is 5.78. The minimum absolute atomic E-state index is 0.0687. The van der Waals surface area contributed by atoms with Crippen molar-refractivity contribution in [3.8, 4) is 11.5 Å². The van der Waals surface area contributed by atoms with E-state index in [1.165, 1.54) is 19.3 Å². The van der Waals surface area contributed by atoms with E-state index in [2.05, 4.69) is 17.2 Å². The van der Waals surface area contributed by atoms with Crippen LogP contribution >= 0.6 is 0 Å². The summed E-state index contributed by atoms with van der Waals surface area (Å²) in [5.74, 6) is 1.45. The van der Waals surface area contributed by atoms with Crippen molar-refractivity contribution in [2.45, 2.75) is 51.6 Å². The topological polar surface area (TPSA) is 59.6 Å². The van der Waals surface area contributed by atoms with Gasteiger partial charge in [0.2, 0.25) is 5.91 Å². The first-order valence-electron chi connectivity index (χ1n) is 9.02. The molecule has 25 heavy (non-hydrogen) atoms. The van der Waals surface area contributed by atoms with Gasteiger partial charge in [-0.2, -0.15) is 0 Å². The molecule has 1 aliphatic rings. The number of rotatable bonds is 9. The number of carbonyl (C=O) groups is 1. The van der Waals surface area contributed by atoms with E-state index < -0.39 is 0 Å².